The summed E-state index contributed by atoms with van der Waals surface area (Å²) in [7, 11) is 0. The molecule has 0 bridgehead atoms. The molecule has 3 rings (SSSR count). The van der Waals surface area contributed by atoms with Crippen LogP contribution < -0.4 is 4.80 Å². The lowest BCUT2D eigenvalue weighted by Crippen LogP contribution is -2.17. The largest absolute Gasteiger partial charge is 0.305 e. The monoisotopic (exact) mass is 354 g/mol. The molecule has 0 N–H and O–H groups in total. The first-order chi connectivity index (χ1) is 11.6. The topological polar surface area (TPSA) is 34.4 Å². The number of aryl methyl sites for hydroxylation is 1. The number of terminal acetylenes is 1. The number of amides is 1. The van der Waals surface area contributed by atoms with Gasteiger partial charge in [0.15, 0.2) is 4.80 Å². The van der Waals surface area contributed by atoms with Crippen molar-refractivity contribution >= 4 is 39.1 Å². The second kappa shape index (κ2) is 7.04. The van der Waals surface area contributed by atoms with Gasteiger partial charge in [0.25, 0.3) is 5.91 Å². The van der Waals surface area contributed by atoms with Crippen LogP contribution in [0.3, 0.4) is 0 Å². The van der Waals surface area contributed by atoms with Gasteiger partial charge in [0.2, 0.25) is 0 Å². The number of nitrogens with zero attached hydrogens (tertiary/aromatic N) is 2. The molecule has 0 atom stereocenters. The van der Waals surface area contributed by atoms with E-state index in [0.29, 0.717) is 16.4 Å². The van der Waals surface area contributed by atoms with Crippen molar-refractivity contribution in [3.8, 4) is 12.3 Å². The zero-order chi connectivity index (χ0) is 17.1. The molecule has 0 saturated heterocycles. The van der Waals surface area contributed by atoms with E-state index in [2.05, 4.69) is 17.0 Å². The van der Waals surface area contributed by atoms with Gasteiger partial charge in [0, 0.05) is 5.02 Å². The first kappa shape index (κ1) is 16.5. The van der Waals surface area contributed by atoms with Crippen LogP contribution in [0.15, 0.2) is 47.5 Å². The minimum atomic E-state index is -0.202. The lowest BCUT2D eigenvalue weighted by atomic mass is 10.1. The van der Waals surface area contributed by atoms with Crippen LogP contribution >= 0.6 is 22.9 Å². The van der Waals surface area contributed by atoms with Crippen LogP contribution in [0.1, 0.15) is 11.1 Å². The first-order valence-electron chi connectivity index (χ1n) is 7.42. The molecule has 1 aromatic heterocycles. The molecular weight excluding hydrogens is 340 g/mol. The molecule has 0 spiro atoms. The lowest BCUT2D eigenvalue weighted by Gasteiger charge is -2.00. The normalized spacial score (nSPS) is 11.6. The number of fused-ring (bicyclic) bond motifs is 1. The van der Waals surface area contributed by atoms with Crippen molar-refractivity contribution in [2.45, 2.75) is 19.9 Å². The molecule has 5 heteroatoms. The minimum absolute atomic E-state index is 0.202. The number of halogens is 1. The lowest BCUT2D eigenvalue weighted by molar-refractivity contribution is -0.117. The standard InChI is InChI=1S/C19H15ClN2OS/c1-3-10-22-16-9-4-13(2)11-17(16)24-19(22)21-18(23)12-14-5-7-15(20)8-6-14/h1,4-9,11H,10,12H2,2H3. The highest BCUT2D eigenvalue weighted by atomic mass is 35.5. The van der Waals surface area contributed by atoms with E-state index in [1.54, 1.807) is 12.1 Å². The number of hydrogen-bond donors (Lipinski definition) is 0. The first-order valence-corrected chi connectivity index (χ1v) is 8.62. The fourth-order valence-corrected chi connectivity index (χ4v) is 3.70. The highest BCUT2D eigenvalue weighted by Gasteiger charge is 2.08. The molecule has 0 radical (unpaired) electrons. The summed E-state index contributed by atoms with van der Waals surface area (Å²) in [5.74, 6) is 2.43. The average Bonchev–Trinajstić information content (AvgIpc) is 2.86. The van der Waals surface area contributed by atoms with Gasteiger partial charge in [-0.25, -0.2) is 0 Å². The van der Waals surface area contributed by atoms with Crippen molar-refractivity contribution in [2.24, 2.45) is 4.99 Å². The van der Waals surface area contributed by atoms with E-state index >= 15 is 0 Å². The molecule has 0 aliphatic carbocycles. The molecule has 0 unspecified atom stereocenters. The van der Waals surface area contributed by atoms with E-state index in [4.69, 9.17) is 18.0 Å². The molecular formula is C19H15ClN2OS. The SMILES string of the molecule is C#CCn1c(=NC(=O)Cc2ccc(Cl)cc2)sc2cc(C)ccc21. The summed E-state index contributed by atoms with van der Waals surface area (Å²) in [5.41, 5.74) is 3.05. The second-order valence-corrected chi connectivity index (χ2v) is 6.90. The maximum Gasteiger partial charge on any atom is 0.252 e. The van der Waals surface area contributed by atoms with Crippen molar-refractivity contribution in [1.29, 1.82) is 0 Å². The van der Waals surface area contributed by atoms with E-state index in [1.165, 1.54) is 11.3 Å². The number of carbonyl (C=O) groups excluding carboxylic acids is 1. The van der Waals surface area contributed by atoms with Gasteiger partial charge in [0.05, 0.1) is 23.2 Å². The number of thiazole rings is 1. The number of hydrogen-bond acceptors (Lipinski definition) is 2. The van der Waals surface area contributed by atoms with E-state index in [1.807, 2.05) is 35.8 Å². The van der Waals surface area contributed by atoms with Crippen molar-refractivity contribution in [2.75, 3.05) is 0 Å². The molecule has 1 heterocycles. The average molecular weight is 355 g/mol. The van der Waals surface area contributed by atoms with E-state index in [0.717, 1.165) is 21.3 Å². The highest BCUT2D eigenvalue weighted by Crippen LogP contribution is 2.19. The Balaban J connectivity index is 1.99. The Labute approximate surface area is 149 Å². The summed E-state index contributed by atoms with van der Waals surface area (Å²) >= 11 is 7.34. The third kappa shape index (κ3) is 3.59. The maximum absolute atomic E-state index is 12.3. The quantitative estimate of drug-likeness (QED) is 0.655. The molecule has 0 aliphatic rings. The summed E-state index contributed by atoms with van der Waals surface area (Å²) in [6, 6.07) is 13.3. The molecule has 0 saturated carbocycles. The van der Waals surface area contributed by atoms with Gasteiger partial charge in [0.1, 0.15) is 0 Å². The maximum atomic E-state index is 12.3. The van der Waals surface area contributed by atoms with Gasteiger partial charge in [-0.3, -0.25) is 4.79 Å². The molecule has 3 nitrogen and oxygen atoms in total. The molecule has 2 aromatic carbocycles. The zero-order valence-electron chi connectivity index (χ0n) is 13.1. The Hall–Kier alpha value is -2.35. The Bertz CT molecular complexity index is 1010. The van der Waals surface area contributed by atoms with Crippen molar-refractivity contribution < 1.29 is 4.79 Å². The smallest absolute Gasteiger partial charge is 0.252 e. The van der Waals surface area contributed by atoms with Gasteiger partial charge < -0.3 is 4.57 Å². The van der Waals surface area contributed by atoms with E-state index in [-0.39, 0.29) is 12.3 Å². The van der Waals surface area contributed by atoms with E-state index < -0.39 is 0 Å². The van der Waals surface area contributed by atoms with Crippen molar-refractivity contribution in [3.63, 3.8) is 0 Å². The van der Waals surface area contributed by atoms with Gasteiger partial charge in [-0.15, -0.1) is 6.42 Å². The van der Waals surface area contributed by atoms with Crippen LogP contribution in [0.25, 0.3) is 10.2 Å². The van der Waals surface area contributed by atoms with Crippen LogP contribution in [-0.2, 0) is 17.8 Å². The molecule has 0 fully saturated rings. The molecule has 120 valence electrons. The predicted octanol–water partition coefficient (Wildman–Crippen LogP) is 3.97. The summed E-state index contributed by atoms with van der Waals surface area (Å²) in [5, 5.41) is 0.648. The summed E-state index contributed by atoms with van der Waals surface area (Å²) < 4.78 is 2.97. The number of carbonyl (C=O) groups is 1. The van der Waals surface area contributed by atoms with Crippen LogP contribution in [0.5, 0.6) is 0 Å². The third-order valence-corrected chi connectivity index (χ3v) is 4.87. The Morgan fingerprint density at radius 3 is 2.75 bits per heavy atom. The predicted molar refractivity (Wildman–Crippen MR) is 99.1 cm³/mol. The molecule has 3 aromatic rings. The van der Waals surface area contributed by atoms with Crippen LogP contribution in [0.2, 0.25) is 5.02 Å². The van der Waals surface area contributed by atoms with Crippen LogP contribution in [0.4, 0.5) is 0 Å². The van der Waals surface area contributed by atoms with Crippen molar-refractivity contribution in [3.05, 3.63) is 63.4 Å². The fraction of sp³-hybridized carbons (Fsp3) is 0.158. The number of benzene rings is 2. The van der Waals surface area contributed by atoms with E-state index in [9.17, 15) is 4.79 Å². The van der Waals surface area contributed by atoms with Crippen LogP contribution in [-0.4, -0.2) is 10.5 Å². The zero-order valence-corrected chi connectivity index (χ0v) is 14.7. The second-order valence-electron chi connectivity index (χ2n) is 5.45. The van der Waals surface area contributed by atoms with Gasteiger partial charge in [-0.1, -0.05) is 47.1 Å². The van der Waals surface area contributed by atoms with Gasteiger partial charge in [-0.2, -0.15) is 4.99 Å². The third-order valence-electron chi connectivity index (χ3n) is 3.58. The van der Waals surface area contributed by atoms with Gasteiger partial charge in [-0.05, 0) is 42.3 Å². The fourth-order valence-electron chi connectivity index (χ4n) is 2.43. The van der Waals surface area contributed by atoms with Crippen molar-refractivity contribution in [1.82, 2.24) is 4.57 Å². The molecule has 1 amide bonds. The Morgan fingerprint density at radius 1 is 1.29 bits per heavy atom. The minimum Gasteiger partial charge on any atom is -0.305 e. The number of aromatic nitrogens is 1. The summed E-state index contributed by atoms with van der Waals surface area (Å²) in [6.45, 7) is 2.42. The molecule has 24 heavy (non-hydrogen) atoms. The summed E-state index contributed by atoms with van der Waals surface area (Å²) in [4.78, 5) is 17.2. The Kier molecular flexibility index (Phi) is 4.84. The van der Waals surface area contributed by atoms with Crippen LogP contribution in [0, 0.1) is 19.3 Å². The summed E-state index contributed by atoms with van der Waals surface area (Å²) in [6.07, 6.45) is 5.71. The van der Waals surface area contributed by atoms with Gasteiger partial charge >= 0.3 is 0 Å². The molecule has 0 aliphatic heterocycles. The number of rotatable bonds is 3. The highest BCUT2D eigenvalue weighted by molar-refractivity contribution is 7.16. The Morgan fingerprint density at radius 2 is 2.04 bits per heavy atom.